The smallest absolute Gasteiger partial charge is 0.146 e. The van der Waals surface area contributed by atoms with E-state index in [1.54, 1.807) is 25.1 Å². The van der Waals surface area contributed by atoms with E-state index in [0.717, 1.165) is 6.07 Å². The summed E-state index contributed by atoms with van der Waals surface area (Å²) < 4.78 is 13.2. The summed E-state index contributed by atoms with van der Waals surface area (Å²) in [5.41, 5.74) is -0.0606. The lowest BCUT2D eigenvalue weighted by atomic mass is 10.2. The Labute approximate surface area is 86.9 Å². The number of nitriles is 1. The molecule has 1 aromatic rings. The van der Waals surface area contributed by atoms with E-state index in [2.05, 4.69) is 4.99 Å². The summed E-state index contributed by atoms with van der Waals surface area (Å²) in [7, 11) is 3.49. The van der Waals surface area contributed by atoms with Gasteiger partial charge < -0.3 is 10.0 Å². The Morgan fingerprint density at radius 1 is 1.53 bits per heavy atom. The molecule has 0 heterocycles. The zero-order valence-corrected chi connectivity index (χ0v) is 8.40. The summed E-state index contributed by atoms with van der Waals surface area (Å²) in [4.78, 5) is 5.52. The van der Waals surface area contributed by atoms with Gasteiger partial charge in [0.1, 0.15) is 23.2 Å². The van der Waals surface area contributed by atoms with Crippen LogP contribution >= 0.6 is 0 Å². The van der Waals surface area contributed by atoms with Gasteiger partial charge in [-0.3, -0.25) is 0 Å². The fraction of sp³-hybridized carbons (Fsp3) is 0.200. The zero-order chi connectivity index (χ0) is 11.4. The number of nitrogens with zero attached hydrogens (tertiary/aromatic N) is 3. The molecule has 78 valence electrons. The van der Waals surface area contributed by atoms with Gasteiger partial charge in [-0.2, -0.15) is 5.26 Å². The molecule has 0 radical (unpaired) electrons. The van der Waals surface area contributed by atoms with Crippen molar-refractivity contribution in [3.63, 3.8) is 0 Å². The number of benzene rings is 1. The average Bonchev–Trinajstić information content (AvgIpc) is 2.13. The minimum atomic E-state index is -0.775. The van der Waals surface area contributed by atoms with Crippen molar-refractivity contribution >= 4 is 12.0 Å². The van der Waals surface area contributed by atoms with E-state index in [1.807, 2.05) is 0 Å². The van der Waals surface area contributed by atoms with Crippen molar-refractivity contribution in [3.8, 4) is 11.8 Å². The molecule has 1 rings (SSSR count). The predicted octanol–water partition coefficient (Wildman–Crippen LogP) is 1.62. The molecule has 4 nitrogen and oxygen atoms in total. The number of aromatic hydroxyl groups is 1. The Kier molecular flexibility index (Phi) is 3.24. The summed E-state index contributed by atoms with van der Waals surface area (Å²) in [6.45, 7) is 0. The zero-order valence-electron chi connectivity index (χ0n) is 8.40. The topological polar surface area (TPSA) is 59.6 Å². The first-order valence-corrected chi connectivity index (χ1v) is 4.18. The number of halogens is 1. The van der Waals surface area contributed by atoms with Crippen LogP contribution in [0.15, 0.2) is 17.1 Å². The van der Waals surface area contributed by atoms with Crippen LogP contribution in [0.1, 0.15) is 5.56 Å². The molecule has 0 saturated heterocycles. The minimum absolute atomic E-state index is 0.115. The third-order valence-corrected chi connectivity index (χ3v) is 1.59. The van der Waals surface area contributed by atoms with Gasteiger partial charge in [-0.15, -0.1) is 0 Å². The average molecular weight is 207 g/mol. The molecule has 0 amide bonds. The molecule has 0 unspecified atom stereocenters. The standard InChI is InChI=1S/C10H10FN3O/c1-14(2)6-13-10-4-7(15)3-9(11)8(10)5-12/h3-4,6,15H,1-2H3. The van der Waals surface area contributed by atoms with E-state index < -0.39 is 5.82 Å². The second kappa shape index (κ2) is 4.42. The van der Waals surface area contributed by atoms with Crippen LogP contribution in [0.4, 0.5) is 10.1 Å². The lowest BCUT2D eigenvalue weighted by Gasteiger charge is -2.04. The Bertz CT molecular complexity index is 435. The largest absolute Gasteiger partial charge is 0.508 e. The molecule has 1 N–H and O–H groups in total. The first kappa shape index (κ1) is 11.0. The van der Waals surface area contributed by atoms with Crippen LogP contribution in [-0.2, 0) is 0 Å². The highest BCUT2D eigenvalue weighted by Gasteiger charge is 2.09. The van der Waals surface area contributed by atoms with Crippen molar-refractivity contribution in [1.29, 1.82) is 5.26 Å². The van der Waals surface area contributed by atoms with Gasteiger partial charge in [-0.1, -0.05) is 0 Å². The van der Waals surface area contributed by atoms with Gasteiger partial charge in [0.25, 0.3) is 0 Å². The second-order valence-electron chi connectivity index (χ2n) is 3.14. The summed E-state index contributed by atoms with van der Waals surface area (Å²) >= 11 is 0. The molecule has 0 spiro atoms. The van der Waals surface area contributed by atoms with E-state index >= 15 is 0 Å². The Hall–Kier alpha value is -2.09. The molecule has 0 aliphatic carbocycles. The van der Waals surface area contributed by atoms with Gasteiger partial charge in [0, 0.05) is 26.2 Å². The summed E-state index contributed by atoms with van der Waals surface area (Å²) in [5, 5.41) is 17.8. The van der Waals surface area contributed by atoms with E-state index in [1.165, 1.54) is 12.4 Å². The molecule has 0 aliphatic heterocycles. The van der Waals surface area contributed by atoms with Gasteiger partial charge >= 0.3 is 0 Å². The minimum Gasteiger partial charge on any atom is -0.508 e. The van der Waals surface area contributed by atoms with Crippen molar-refractivity contribution in [2.75, 3.05) is 14.1 Å². The van der Waals surface area contributed by atoms with Crippen LogP contribution in [0.2, 0.25) is 0 Å². The summed E-state index contributed by atoms with van der Waals surface area (Å²) in [6.07, 6.45) is 1.43. The first-order valence-electron chi connectivity index (χ1n) is 4.18. The number of phenols is 1. The summed E-state index contributed by atoms with van der Waals surface area (Å²) in [6, 6.07) is 3.82. The Morgan fingerprint density at radius 2 is 2.20 bits per heavy atom. The fourth-order valence-electron chi connectivity index (χ4n) is 0.968. The maximum absolute atomic E-state index is 13.2. The van der Waals surface area contributed by atoms with Gasteiger partial charge in [-0.05, 0) is 0 Å². The van der Waals surface area contributed by atoms with E-state index in [0.29, 0.717) is 0 Å². The van der Waals surface area contributed by atoms with Crippen LogP contribution in [-0.4, -0.2) is 30.4 Å². The normalized spacial score (nSPS) is 10.3. The van der Waals surface area contributed by atoms with Gasteiger partial charge in [0.2, 0.25) is 0 Å². The highest BCUT2D eigenvalue weighted by molar-refractivity contribution is 5.66. The Balaban J connectivity index is 3.22. The third kappa shape index (κ3) is 2.68. The fourth-order valence-corrected chi connectivity index (χ4v) is 0.968. The van der Waals surface area contributed by atoms with Crippen LogP contribution in [0.5, 0.6) is 5.75 Å². The van der Waals surface area contributed by atoms with E-state index in [4.69, 9.17) is 10.4 Å². The predicted molar refractivity (Wildman–Crippen MR) is 54.6 cm³/mol. The second-order valence-corrected chi connectivity index (χ2v) is 3.14. The van der Waals surface area contributed by atoms with E-state index in [-0.39, 0.29) is 17.0 Å². The van der Waals surface area contributed by atoms with Crippen molar-refractivity contribution in [2.45, 2.75) is 0 Å². The molecule has 0 aromatic heterocycles. The van der Waals surface area contributed by atoms with Gasteiger partial charge in [0.05, 0.1) is 12.0 Å². The van der Waals surface area contributed by atoms with Crippen LogP contribution in [0.25, 0.3) is 0 Å². The van der Waals surface area contributed by atoms with Crippen LogP contribution < -0.4 is 0 Å². The number of rotatable bonds is 2. The van der Waals surface area contributed by atoms with Gasteiger partial charge in [-0.25, -0.2) is 9.38 Å². The number of phenolic OH excluding ortho intramolecular Hbond substituents is 1. The van der Waals surface area contributed by atoms with Crippen molar-refractivity contribution in [1.82, 2.24) is 4.90 Å². The quantitative estimate of drug-likeness (QED) is 0.592. The highest BCUT2D eigenvalue weighted by atomic mass is 19.1. The molecule has 0 aliphatic rings. The number of hydrogen-bond donors (Lipinski definition) is 1. The maximum atomic E-state index is 13.2. The van der Waals surface area contributed by atoms with Crippen molar-refractivity contribution < 1.29 is 9.50 Å². The molecule has 0 atom stereocenters. The molecular formula is C10H10FN3O. The number of hydrogen-bond acceptors (Lipinski definition) is 3. The molecule has 1 aromatic carbocycles. The summed E-state index contributed by atoms with van der Waals surface area (Å²) in [5.74, 6) is -1.03. The molecule has 0 saturated carbocycles. The maximum Gasteiger partial charge on any atom is 0.146 e. The van der Waals surface area contributed by atoms with Gasteiger partial charge in [0.15, 0.2) is 0 Å². The van der Waals surface area contributed by atoms with Crippen molar-refractivity contribution in [2.24, 2.45) is 4.99 Å². The lowest BCUT2D eigenvalue weighted by molar-refractivity contribution is 0.469. The third-order valence-electron chi connectivity index (χ3n) is 1.59. The highest BCUT2D eigenvalue weighted by Crippen LogP contribution is 2.26. The monoisotopic (exact) mass is 207 g/mol. The molecule has 5 heteroatoms. The van der Waals surface area contributed by atoms with Crippen molar-refractivity contribution in [3.05, 3.63) is 23.5 Å². The first-order chi connectivity index (χ1) is 7.04. The van der Waals surface area contributed by atoms with E-state index in [9.17, 15) is 4.39 Å². The SMILES string of the molecule is CN(C)C=Nc1cc(O)cc(F)c1C#N. The molecule has 0 bridgehead atoms. The number of aliphatic imine (C=N–C) groups is 1. The molecular weight excluding hydrogens is 197 g/mol. The molecule has 0 fully saturated rings. The lowest BCUT2D eigenvalue weighted by Crippen LogP contribution is -2.07. The molecule has 15 heavy (non-hydrogen) atoms. The Morgan fingerprint density at radius 3 is 2.73 bits per heavy atom. The van der Waals surface area contributed by atoms with Crippen LogP contribution in [0.3, 0.4) is 0 Å². The van der Waals surface area contributed by atoms with Crippen LogP contribution in [0, 0.1) is 17.1 Å².